The average Bonchev–Trinajstić information content (AvgIpc) is 3.12. The summed E-state index contributed by atoms with van der Waals surface area (Å²) in [6, 6.07) is 9.44. The van der Waals surface area contributed by atoms with Crippen molar-refractivity contribution < 1.29 is 28.7 Å². The van der Waals surface area contributed by atoms with Gasteiger partial charge in [-0.2, -0.15) is 0 Å². The van der Waals surface area contributed by atoms with Crippen molar-refractivity contribution in [1.29, 1.82) is 0 Å². The molecular formula is C17H16N2O7. The number of carbonyl (C=O) groups excluding carboxylic acids is 1. The summed E-state index contributed by atoms with van der Waals surface area (Å²) in [4.78, 5) is 22.2. The third-order valence-corrected chi connectivity index (χ3v) is 3.64. The van der Waals surface area contributed by atoms with Gasteiger partial charge in [-0.25, -0.2) is 0 Å². The second-order valence-corrected chi connectivity index (χ2v) is 5.34. The molecule has 0 aliphatic carbocycles. The molecule has 9 nitrogen and oxygen atoms in total. The Labute approximate surface area is 148 Å². The first-order chi connectivity index (χ1) is 12.6. The largest absolute Gasteiger partial charge is 0.490 e. The van der Waals surface area contributed by atoms with E-state index in [2.05, 4.69) is 5.32 Å². The zero-order valence-electron chi connectivity index (χ0n) is 13.9. The van der Waals surface area contributed by atoms with Gasteiger partial charge in [0.15, 0.2) is 18.1 Å². The van der Waals surface area contributed by atoms with Crippen molar-refractivity contribution in [3.8, 4) is 23.0 Å². The highest BCUT2D eigenvalue weighted by Crippen LogP contribution is 2.32. The summed E-state index contributed by atoms with van der Waals surface area (Å²) >= 11 is 0. The molecule has 0 fully saturated rings. The van der Waals surface area contributed by atoms with E-state index in [-0.39, 0.29) is 30.7 Å². The Hall–Kier alpha value is -3.49. The minimum Gasteiger partial charge on any atom is -0.490 e. The third-order valence-electron chi connectivity index (χ3n) is 3.64. The van der Waals surface area contributed by atoms with Crippen LogP contribution in [0.3, 0.4) is 0 Å². The molecule has 0 saturated heterocycles. The van der Waals surface area contributed by atoms with Gasteiger partial charge in [0.25, 0.3) is 5.91 Å². The van der Waals surface area contributed by atoms with Crippen LogP contribution in [0.1, 0.15) is 5.56 Å². The van der Waals surface area contributed by atoms with Crippen LogP contribution >= 0.6 is 0 Å². The smallest absolute Gasteiger partial charge is 0.311 e. The Morgan fingerprint density at radius 3 is 2.81 bits per heavy atom. The summed E-state index contributed by atoms with van der Waals surface area (Å²) in [5.41, 5.74) is 0.687. The molecule has 1 N–H and O–H groups in total. The monoisotopic (exact) mass is 360 g/mol. The molecule has 0 spiro atoms. The molecule has 0 atom stereocenters. The molecule has 0 radical (unpaired) electrons. The van der Waals surface area contributed by atoms with E-state index in [9.17, 15) is 14.9 Å². The number of nitro groups is 1. The van der Waals surface area contributed by atoms with Crippen LogP contribution in [0.25, 0.3) is 0 Å². The maximum Gasteiger partial charge on any atom is 0.311 e. The standard InChI is InChI=1S/C17H16N2O7/c1-23-15-7-12(3-4-13(15)19(21)22)24-9-17(20)18-8-11-2-5-14-16(6-11)26-10-25-14/h2-7H,8-10H2,1H3,(H,18,20). The molecule has 0 aromatic heterocycles. The third kappa shape index (κ3) is 3.94. The van der Waals surface area contributed by atoms with Crippen LogP contribution in [0.4, 0.5) is 5.69 Å². The number of benzene rings is 2. The maximum atomic E-state index is 11.9. The number of carbonyl (C=O) groups is 1. The van der Waals surface area contributed by atoms with Gasteiger partial charge < -0.3 is 24.3 Å². The first-order valence-electron chi connectivity index (χ1n) is 7.67. The van der Waals surface area contributed by atoms with E-state index >= 15 is 0 Å². The van der Waals surface area contributed by atoms with E-state index in [0.717, 1.165) is 5.56 Å². The molecule has 2 aromatic carbocycles. The number of nitrogens with one attached hydrogen (secondary N) is 1. The highest BCUT2D eigenvalue weighted by molar-refractivity contribution is 5.77. The Morgan fingerprint density at radius 1 is 1.23 bits per heavy atom. The van der Waals surface area contributed by atoms with Gasteiger partial charge in [0.05, 0.1) is 12.0 Å². The molecule has 2 aromatic rings. The lowest BCUT2D eigenvalue weighted by molar-refractivity contribution is -0.385. The Bertz CT molecular complexity index is 838. The lowest BCUT2D eigenvalue weighted by Gasteiger charge is -2.09. The van der Waals surface area contributed by atoms with Gasteiger partial charge in [-0.05, 0) is 23.8 Å². The zero-order chi connectivity index (χ0) is 18.5. The molecule has 0 unspecified atom stereocenters. The minimum absolute atomic E-state index is 0.0632. The van der Waals surface area contributed by atoms with Crippen LogP contribution in [0.2, 0.25) is 0 Å². The molecular weight excluding hydrogens is 344 g/mol. The molecule has 1 heterocycles. The lowest BCUT2D eigenvalue weighted by atomic mass is 10.2. The van der Waals surface area contributed by atoms with Gasteiger partial charge in [-0.15, -0.1) is 0 Å². The number of rotatable bonds is 7. The van der Waals surface area contributed by atoms with E-state index < -0.39 is 4.92 Å². The highest BCUT2D eigenvalue weighted by atomic mass is 16.7. The van der Waals surface area contributed by atoms with Crippen LogP contribution in [0.15, 0.2) is 36.4 Å². The fourth-order valence-electron chi connectivity index (χ4n) is 2.35. The van der Waals surface area contributed by atoms with Gasteiger partial charge in [0.1, 0.15) is 5.75 Å². The number of nitrogens with zero attached hydrogens (tertiary/aromatic N) is 1. The van der Waals surface area contributed by atoms with Gasteiger partial charge in [-0.3, -0.25) is 14.9 Å². The average molecular weight is 360 g/mol. The quantitative estimate of drug-likeness (QED) is 0.594. The molecule has 1 aliphatic rings. The summed E-state index contributed by atoms with van der Waals surface area (Å²) in [6.07, 6.45) is 0. The van der Waals surface area contributed by atoms with E-state index in [1.54, 1.807) is 12.1 Å². The molecule has 136 valence electrons. The van der Waals surface area contributed by atoms with Crippen molar-refractivity contribution in [3.05, 3.63) is 52.1 Å². The number of ether oxygens (including phenoxy) is 4. The molecule has 1 aliphatic heterocycles. The van der Waals surface area contributed by atoms with Crippen LogP contribution in [0.5, 0.6) is 23.0 Å². The van der Waals surface area contributed by atoms with Gasteiger partial charge in [0, 0.05) is 18.7 Å². The van der Waals surface area contributed by atoms with Gasteiger partial charge in [0.2, 0.25) is 12.5 Å². The topological polar surface area (TPSA) is 109 Å². The molecule has 0 bridgehead atoms. The number of amides is 1. The van der Waals surface area contributed by atoms with Crippen molar-refractivity contribution in [2.75, 3.05) is 20.5 Å². The summed E-state index contributed by atoms with van der Waals surface area (Å²) in [6.45, 7) is 0.269. The summed E-state index contributed by atoms with van der Waals surface area (Å²) in [5.74, 6) is 1.35. The molecule has 26 heavy (non-hydrogen) atoms. The second kappa shape index (κ2) is 7.60. The SMILES string of the molecule is COc1cc(OCC(=O)NCc2ccc3c(c2)OCO3)ccc1[N+](=O)[O-]. The van der Waals surface area contributed by atoms with E-state index in [4.69, 9.17) is 18.9 Å². The first kappa shape index (κ1) is 17.3. The highest BCUT2D eigenvalue weighted by Gasteiger charge is 2.16. The van der Waals surface area contributed by atoms with E-state index in [1.165, 1.54) is 25.3 Å². The number of hydrogen-bond acceptors (Lipinski definition) is 7. The predicted octanol–water partition coefficient (Wildman–Crippen LogP) is 2.03. The fourth-order valence-corrected chi connectivity index (χ4v) is 2.35. The van der Waals surface area contributed by atoms with Gasteiger partial charge >= 0.3 is 5.69 Å². The zero-order valence-corrected chi connectivity index (χ0v) is 13.9. The lowest BCUT2D eigenvalue weighted by Crippen LogP contribution is -2.28. The Kier molecular flexibility index (Phi) is 5.07. The van der Waals surface area contributed by atoms with Gasteiger partial charge in [-0.1, -0.05) is 6.07 Å². The molecule has 0 saturated carbocycles. The summed E-state index contributed by atoms with van der Waals surface area (Å²) in [5, 5.41) is 13.6. The fraction of sp³-hybridized carbons (Fsp3) is 0.235. The number of nitro benzene ring substituents is 1. The number of fused-ring (bicyclic) bond motifs is 1. The second-order valence-electron chi connectivity index (χ2n) is 5.34. The normalized spacial score (nSPS) is 11.7. The Balaban J connectivity index is 1.52. The van der Waals surface area contributed by atoms with Crippen molar-refractivity contribution in [1.82, 2.24) is 5.32 Å². The van der Waals surface area contributed by atoms with Crippen molar-refractivity contribution in [2.45, 2.75) is 6.54 Å². The first-order valence-corrected chi connectivity index (χ1v) is 7.67. The van der Waals surface area contributed by atoms with Crippen molar-refractivity contribution >= 4 is 11.6 Å². The Morgan fingerprint density at radius 2 is 2.04 bits per heavy atom. The molecule has 3 rings (SSSR count). The van der Waals surface area contributed by atoms with E-state index in [1.807, 2.05) is 6.07 Å². The molecule has 1 amide bonds. The molecule has 9 heteroatoms. The predicted molar refractivity (Wildman–Crippen MR) is 89.6 cm³/mol. The van der Waals surface area contributed by atoms with Crippen LogP contribution in [-0.2, 0) is 11.3 Å². The van der Waals surface area contributed by atoms with E-state index in [0.29, 0.717) is 23.8 Å². The minimum atomic E-state index is -0.555. The number of methoxy groups -OCH3 is 1. The summed E-state index contributed by atoms with van der Waals surface area (Å²) < 4.78 is 20.8. The number of hydrogen-bond donors (Lipinski definition) is 1. The van der Waals surface area contributed by atoms with Crippen LogP contribution < -0.4 is 24.3 Å². The van der Waals surface area contributed by atoms with Crippen molar-refractivity contribution in [3.63, 3.8) is 0 Å². The summed E-state index contributed by atoms with van der Waals surface area (Å²) in [7, 11) is 1.32. The van der Waals surface area contributed by atoms with Crippen LogP contribution in [0, 0.1) is 10.1 Å². The van der Waals surface area contributed by atoms with Crippen LogP contribution in [-0.4, -0.2) is 31.3 Å². The maximum absolute atomic E-state index is 11.9. The van der Waals surface area contributed by atoms with Crippen molar-refractivity contribution in [2.24, 2.45) is 0 Å².